The first-order chi connectivity index (χ1) is 12.5. The van der Waals surface area contributed by atoms with Gasteiger partial charge in [-0.25, -0.2) is 0 Å². The first kappa shape index (κ1) is 37.4. The van der Waals surface area contributed by atoms with Gasteiger partial charge < -0.3 is 44.3 Å². The Hall–Kier alpha value is -1.40. The van der Waals surface area contributed by atoms with Crippen molar-refractivity contribution in [3.63, 3.8) is 0 Å². The summed E-state index contributed by atoms with van der Waals surface area (Å²) in [5.41, 5.74) is 0. The number of likely N-dealkylation sites (N-methyl/N-ethyl adjacent to an activating group) is 2. The molecule has 0 aliphatic rings. The molecule has 0 fully saturated rings. The summed E-state index contributed by atoms with van der Waals surface area (Å²) in [6.07, 6.45) is 0. The van der Waals surface area contributed by atoms with Crippen LogP contribution in [0, 0.1) is 11.9 Å². The van der Waals surface area contributed by atoms with Crippen LogP contribution < -0.4 is 0 Å². The molecule has 0 spiro atoms. The quantitative estimate of drug-likeness (QED) is 0.511. The van der Waals surface area contributed by atoms with E-state index in [0.717, 1.165) is 26.2 Å². The molecule has 0 bridgehead atoms. The lowest BCUT2D eigenvalue weighted by molar-refractivity contribution is 0.320. The van der Waals surface area contributed by atoms with Crippen LogP contribution >= 0.6 is 0 Å². The first-order valence-corrected chi connectivity index (χ1v) is 7.74. The summed E-state index contributed by atoms with van der Waals surface area (Å²) in [4.78, 5) is 11.4. The van der Waals surface area contributed by atoms with E-state index in [1.165, 1.54) is 0 Å². The first-order valence-electron chi connectivity index (χ1n) is 7.74. The van der Waals surface area contributed by atoms with Gasteiger partial charge in [0.25, 0.3) is 13.1 Å². The molecule has 4 nitrogen and oxygen atoms in total. The Morgan fingerprint density at radius 1 is 0.643 bits per heavy atom. The highest BCUT2D eigenvalue weighted by atomic mass is 19.5. The summed E-state index contributed by atoms with van der Waals surface area (Å²) in [5.74, 6) is 4.28. The van der Waals surface area contributed by atoms with Crippen molar-refractivity contribution >= 4 is 30.2 Å². The maximum atomic E-state index is 9.75. The predicted octanol–water partition coefficient (Wildman–Crippen LogP) is 3.64. The highest BCUT2D eigenvalue weighted by molar-refractivity contribution is 6.50. The van der Waals surface area contributed by atoms with Crippen LogP contribution in [0.5, 0.6) is 0 Å². The van der Waals surface area contributed by atoms with Crippen LogP contribution in [0.25, 0.3) is 9.69 Å². The van der Waals surface area contributed by atoms with Crippen LogP contribution in [0.2, 0.25) is 0 Å². The Labute approximate surface area is 165 Å². The van der Waals surface area contributed by atoms with Gasteiger partial charge in [-0.1, -0.05) is 0 Å². The Bertz CT molecular complexity index is 374. The Balaban J connectivity index is -0.0000000802. The van der Waals surface area contributed by atoms with Crippen molar-refractivity contribution in [2.75, 3.05) is 54.4 Å². The molecule has 0 aromatic heterocycles. The summed E-state index contributed by atoms with van der Waals surface area (Å²) in [6, 6.07) is 0. The van der Waals surface area contributed by atoms with E-state index in [4.69, 9.17) is 15.7 Å². The van der Waals surface area contributed by atoms with E-state index in [9.17, 15) is 34.5 Å². The minimum Gasteiger partial charge on any atom is -0.418 e. The molecule has 16 heteroatoms. The van der Waals surface area contributed by atoms with Crippen molar-refractivity contribution in [2.24, 2.45) is 0 Å². The number of rotatable bonds is 3. The lowest BCUT2D eigenvalue weighted by Gasteiger charge is -2.13. The zero-order valence-corrected chi connectivity index (χ0v) is 17.0. The number of hydrogen-bond acceptors (Lipinski definition) is 2. The van der Waals surface area contributed by atoms with E-state index in [0.29, 0.717) is 0 Å². The minimum absolute atomic E-state index is 0.733. The van der Waals surface area contributed by atoms with Gasteiger partial charge in [0.05, 0.1) is 0 Å². The van der Waals surface area contributed by atoms with Crippen LogP contribution in [-0.4, -0.2) is 94.4 Å². The standard InChI is InChI=1S/C6H16N2.2C3H5BN.2BF4/c1-7(2)5-6-8(3)4;2*1-2-5-3-4;2*2-1(3,4)5/h5-6H2,1-4H3;2*2H2,1H3;;/q;2*+1;2*-1. The second-order valence-corrected chi connectivity index (χ2v) is 4.80. The summed E-state index contributed by atoms with van der Waals surface area (Å²) in [7, 11) is 5.79. The number of nitrogens with zero attached hydrogens (tertiary/aromatic N) is 4. The van der Waals surface area contributed by atoms with Crippen LogP contribution in [-0.2, 0) is 0 Å². The molecule has 162 valence electrons. The summed E-state index contributed by atoms with van der Waals surface area (Å²) >= 11 is 0. The van der Waals surface area contributed by atoms with E-state index in [1.54, 1.807) is 0 Å². The van der Waals surface area contributed by atoms with Gasteiger partial charge in [0.15, 0.2) is 11.9 Å². The molecule has 28 heavy (non-hydrogen) atoms. The van der Waals surface area contributed by atoms with Gasteiger partial charge in [-0.3, -0.25) is 0 Å². The zero-order chi connectivity index (χ0) is 23.8. The maximum absolute atomic E-state index is 9.75. The van der Waals surface area contributed by atoms with Crippen molar-refractivity contribution < 1.29 is 34.5 Å². The normalized spacial score (nSPS) is 9.29. The van der Waals surface area contributed by atoms with E-state index in [-0.39, 0.29) is 0 Å². The van der Waals surface area contributed by atoms with E-state index < -0.39 is 14.5 Å². The Morgan fingerprint density at radius 3 is 0.857 bits per heavy atom. The molecular weight excluding hydrogens is 395 g/mol. The molecule has 0 aromatic rings. The van der Waals surface area contributed by atoms with Crippen molar-refractivity contribution in [1.82, 2.24) is 9.80 Å². The van der Waals surface area contributed by atoms with Gasteiger partial charge in [0.1, 0.15) is 0 Å². The van der Waals surface area contributed by atoms with Gasteiger partial charge >= 0.3 is 30.2 Å². The van der Waals surface area contributed by atoms with Gasteiger partial charge in [-0.2, -0.15) is 0 Å². The second-order valence-electron chi connectivity index (χ2n) is 4.80. The van der Waals surface area contributed by atoms with Crippen LogP contribution in [0.15, 0.2) is 0 Å². The fourth-order valence-electron chi connectivity index (χ4n) is 0.583. The van der Waals surface area contributed by atoms with E-state index in [1.807, 2.05) is 13.8 Å². The molecular formula is C12H26B4F8N4. The fraction of sp³-hybridized carbons (Fsp3) is 0.833. The molecule has 0 saturated heterocycles. The molecule has 0 aliphatic carbocycles. The molecule has 0 aromatic carbocycles. The second kappa shape index (κ2) is 25.6. The summed E-state index contributed by atoms with van der Waals surface area (Å²) in [5, 5.41) is 0. The molecule has 0 heterocycles. The molecule has 0 atom stereocenters. The third-order valence-corrected chi connectivity index (χ3v) is 1.49. The maximum Gasteiger partial charge on any atom is 0.673 e. The third kappa shape index (κ3) is 237. The largest absolute Gasteiger partial charge is 0.673 e. The van der Waals surface area contributed by atoms with Crippen molar-refractivity contribution in [3.8, 4) is 11.9 Å². The average Bonchev–Trinajstić information content (AvgIpc) is 2.45. The summed E-state index contributed by atoms with van der Waals surface area (Å²) in [6.45, 7) is 7.56. The minimum atomic E-state index is -6.00. The molecule has 0 unspecified atom stereocenters. The predicted molar refractivity (Wildman–Crippen MR) is 105 cm³/mol. The van der Waals surface area contributed by atoms with Crippen molar-refractivity contribution in [3.05, 3.63) is 9.69 Å². The molecule has 0 amide bonds. The Kier molecular flexibility index (Phi) is 34.2. The highest BCUT2D eigenvalue weighted by Gasteiger charge is 2.21. The SMILES string of the molecule is CN(C)CCN(C)C.F[B-](F)(F)F.F[B-](F)(F)F.[B]C#[N+]CC.[B]C#[N+]CC. The van der Waals surface area contributed by atoms with Crippen LogP contribution in [0.4, 0.5) is 34.5 Å². The van der Waals surface area contributed by atoms with E-state index in [2.05, 4.69) is 59.6 Å². The monoisotopic (exact) mass is 422 g/mol. The van der Waals surface area contributed by atoms with Crippen LogP contribution in [0.3, 0.4) is 0 Å². The molecule has 4 radical (unpaired) electrons. The average molecular weight is 422 g/mol. The van der Waals surface area contributed by atoms with Gasteiger partial charge in [0.2, 0.25) is 0 Å². The molecule has 0 rings (SSSR count). The summed E-state index contributed by atoms with van der Waals surface area (Å²) < 4.78 is 78.0. The van der Waals surface area contributed by atoms with Crippen LogP contribution in [0.1, 0.15) is 13.8 Å². The Morgan fingerprint density at radius 2 is 0.821 bits per heavy atom. The number of halogens is 8. The lowest BCUT2D eigenvalue weighted by atomic mass is 10.2. The molecule has 0 aliphatic heterocycles. The topological polar surface area (TPSA) is 15.2 Å². The third-order valence-electron chi connectivity index (χ3n) is 1.49. The highest BCUT2D eigenvalue weighted by Crippen LogP contribution is 2.07. The van der Waals surface area contributed by atoms with Crippen molar-refractivity contribution in [2.45, 2.75) is 13.8 Å². The smallest absolute Gasteiger partial charge is 0.418 e. The van der Waals surface area contributed by atoms with Gasteiger partial charge in [-0.15, -0.1) is 9.69 Å². The van der Waals surface area contributed by atoms with Crippen molar-refractivity contribution in [1.29, 1.82) is 0 Å². The number of hydrogen-bond donors (Lipinski definition) is 0. The molecule has 0 N–H and O–H groups in total. The van der Waals surface area contributed by atoms with Gasteiger partial charge in [-0.05, 0) is 28.2 Å². The van der Waals surface area contributed by atoms with E-state index >= 15 is 0 Å². The lowest BCUT2D eigenvalue weighted by Crippen LogP contribution is -2.25. The zero-order valence-electron chi connectivity index (χ0n) is 17.0. The van der Waals surface area contributed by atoms with Gasteiger partial charge in [0, 0.05) is 26.9 Å². The fourth-order valence-corrected chi connectivity index (χ4v) is 0.583. The molecule has 0 saturated carbocycles.